The Bertz CT molecular complexity index is 1440. The Morgan fingerprint density at radius 2 is 1.43 bits per heavy atom. The average Bonchev–Trinajstić information content (AvgIpc) is 3.26. The molecular formula is C28H23NS. The number of thiophene rings is 1. The van der Waals surface area contributed by atoms with Gasteiger partial charge in [0.2, 0.25) is 0 Å². The Morgan fingerprint density at radius 3 is 2.33 bits per heavy atom. The van der Waals surface area contributed by atoms with E-state index in [0.717, 1.165) is 0 Å². The van der Waals surface area contributed by atoms with Crippen LogP contribution in [0.4, 0.5) is 11.4 Å². The van der Waals surface area contributed by atoms with Crippen molar-refractivity contribution in [2.75, 3.05) is 11.9 Å². The molecule has 4 aromatic carbocycles. The maximum absolute atomic E-state index is 2.39. The Morgan fingerprint density at radius 1 is 0.700 bits per heavy atom. The van der Waals surface area contributed by atoms with Crippen LogP contribution in [0.3, 0.4) is 0 Å². The molecule has 1 aliphatic rings. The fourth-order valence-electron chi connectivity index (χ4n) is 5.08. The van der Waals surface area contributed by atoms with E-state index in [0.29, 0.717) is 0 Å². The van der Waals surface area contributed by atoms with Gasteiger partial charge < -0.3 is 4.90 Å². The molecule has 1 aliphatic carbocycles. The number of nitrogens with zero attached hydrogens (tertiary/aromatic N) is 1. The van der Waals surface area contributed by atoms with Gasteiger partial charge in [0, 0.05) is 38.3 Å². The van der Waals surface area contributed by atoms with Crippen LogP contribution < -0.4 is 4.90 Å². The normalized spacial score (nSPS) is 14.1. The lowest BCUT2D eigenvalue weighted by atomic mass is 9.82. The quantitative estimate of drug-likeness (QED) is 0.286. The van der Waals surface area contributed by atoms with Crippen LogP contribution in [0.1, 0.15) is 25.0 Å². The second-order valence-electron chi connectivity index (χ2n) is 8.71. The molecule has 0 amide bonds. The predicted molar refractivity (Wildman–Crippen MR) is 131 cm³/mol. The predicted octanol–water partition coefficient (Wildman–Crippen LogP) is 8.13. The second-order valence-corrected chi connectivity index (χ2v) is 9.79. The fraction of sp³-hybridized carbons (Fsp3) is 0.143. The highest BCUT2D eigenvalue weighted by atomic mass is 32.1. The molecule has 1 nitrogen and oxygen atoms in total. The highest BCUT2D eigenvalue weighted by Gasteiger charge is 2.35. The molecule has 30 heavy (non-hydrogen) atoms. The van der Waals surface area contributed by atoms with E-state index in [1.807, 2.05) is 11.3 Å². The van der Waals surface area contributed by atoms with Crippen molar-refractivity contribution < 1.29 is 0 Å². The van der Waals surface area contributed by atoms with Gasteiger partial charge in [-0.25, -0.2) is 0 Å². The molecule has 0 saturated heterocycles. The van der Waals surface area contributed by atoms with Gasteiger partial charge in [-0.15, -0.1) is 11.3 Å². The first kappa shape index (κ1) is 17.7. The van der Waals surface area contributed by atoms with Crippen molar-refractivity contribution in [2.45, 2.75) is 19.3 Å². The van der Waals surface area contributed by atoms with Crippen LogP contribution in [-0.4, -0.2) is 7.05 Å². The van der Waals surface area contributed by atoms with E-state index in [2.05, 4.69) is 111 Å². The number of fused-ring (bicyclic) bond motifs is 6. The van der Waals surface area contributed by atoms with Gasteiger partial charge in [-0.1, -0.05) is 68.4 Å². The molecule has 0 saturated carbocycles. The molecule has 0 atom stereocenters. The molecule has 0 fully saturated rings. The lowest BCUT2D eigenvalue weighted by Crippen LogP contribution is -2.16. The molecule has 2 heteroatoms. The molecule has 0 aliphatic heterocycles. The third kappa shape index (κ3) is 2.34. The number of hydrogen-bond acceptors (Lipinski definition) is 2. The highest BCUT2D eigenvalue weighted by molar-refractivity contribution is 7.25. The minimum atomic E-state index is 0.0177. The van der Waals surface area contributed by atoms with Crippen molar-refractivity contribution in [2.24, 2.45) is 0 Å². The molecule has 0 N–H and O–H groups in total. The lowest BCUT2D eigenvalue weighted by Gasteiger charge is -2.25. The van der Waals surface area contributed by atoms with Crippen LogP contribution in [0.2, 0.25) is 0 Å². The van der Waals surface area contributed by atoms with Gasteiger partial charge in [-0.2, -0.15) is 0 Å². The van der Waals surface area contributed by atoms with Crippen molar-refractivity contribution in [3.8, 4) is 11.1 Å². The zero-order chi connectivity index (χ0) is 20.5. The summed E-state index contributed by atoms with van der Waals surface area (Å²) < 4.78 is 2.69. The van der Waals surface area contributed by atoms with Crippen molar-refractivity contribution in [1.82, 2.24) is 0 Å². The number of anilines is 2. The van der Waals surface area contributed by atoms with Gasteiger partial charge in [0.1, 0.15) is 0 Å². The smallest absolute Gasteiger partial charge is 0.0502 e. The van der Waals surface area contributed by atoms with Gasteiger partial charge in [0.25, 0.3) is 0 Å². The maximum atomic E-state index is 2.39. The van der Waals surface area contributed by atoms with Crippen LogP contribution in [0.25, 0.3) is 31.3 Å². The first-order valence-electron chi connectivity index (χ1n) is 10.4. The van der Waals surface area contributed by atoms with Crippen LogP contribution in [0.15, 0.2) is 84.9 Å². The minimum absolute atomic E-state index is 0.0177. The summed E-state index contributed by atoms with van der Waals surface area (Å²) in [4.78, 5) is 2.35. The molecule has 0 radical (unpaired) electrons. The SMILES string of the molecule is CN(c1ccc2c(c1)C(C)(C)c1ccccc1-2)c1cccc2sc3ccccc3c12. The molecule has 1 heterocycles. The standard InChI is InChI=1S/C28H23NS/c1-28(2)22-11-6-4-9-19(22)20-16-15-18(17-23(20)28)29(3)24-12-8-14-26-27(24)21-10-5-7-13-25(21)30-26/h4-17H,1-3H3. The van der Waals surface area contributed by atoms with Crippen molar-refractivity contribution >= 4 is 42.9 Å². The molecule has 146 valence electrons. The minimum Gasteiger partial charge on any atom is -0.344 e. The molecule has 6 rings (SSSR count). The molecule has 0 bridgehead atoms. The molecule has 5 aromatic rings. The zero-order valence-electron chi connectivity index (χ0n) is 17.4. The summed E-state index contributed by atoms with van der Waals surface area (Å²) in [5, 5.41) is 2.69. The van der Waals surface area contributed by atoms with Crippen molar-refractivity contribution in [3.05, 3.63) is 96.1 Å². The number of benzene rings is 4. The van der Waals surface area contributed by atoms with Gasteiger partial charge in [0.05, 0.1) is 5.69 Å². The lowest BCUT2D eigenvalue weighted by molar-refractivity contribution is 0.660. The Hall–Kier alpha value is -3.10. The fourth-order valence-corrected chi connectivity index (χ4v) is 6.20. The third-order valence-corrected chi connectivity index (χ3v) is 7.83. The summed E-state index contributed by atoms with van der Waals surface area (Å²) in [5.74, 6) is 0. The number of hydrogen-bond donors (Lipinski definition) is 0. The third-order valence-electron chi connectivity index (χ3n) is 6.70. The summed E-state index contributed by atoms with van der Waals surface area (Å²) in [6.07, 6.45) is 0. The molecular weight excluding hydrogens is 382 g/mol. The first-order valence-corrected chi connectivity index (χ1v) is 11.3. The van der Waals surface area contributed by atoms with Gasteiger partial charge in [0.15, 0.2) is 0 Å². The number of rotatable bonds is 2. The summed E-state index contributed by atoms with van der Waals surface area (Å²) in [5.41, 5.74) is 8.09. The van der Waals surface area contributed by atoms with Crippen LogP contribution in [0, 0.1) is 0 Å². The monoisotopic (exact) mass is 405 g/mol. The van der Waals surface area contributed by atoms with Crippen LogP contribution >= 0.6 is 11.3 Å². The van der Waals surface area contributed by atoms with Crippen molar-refractivity contribution in [1.29, 1.82) is 0 Å². The maximum Gasteiger partial charge on any atom is 0.0502 e. The Kier molecular flexibility index (Phi) is 3.66. The summed E-state index contributed by atoms with van der Waals surface area (Å²) in [6, 6.07) is 31.2. The van der Waals surface area contributed by atoms with Gasteiger partial charge in [-0.3, -0.25) is 0 Å². The van der Waals surface area contributed by atoms with Crippen molar-refractivity contribution in [3.63, 3.8) is 0 Å². The molecule has 0 unspecified atom stereocenters. The summed E-state index contributed by atoms with van der Waals surface area (Å²) >= 11 is 1.87. The summed E-state index contributed by atoms with van der Waals surface area (Å²) in [7, 11) is 2.19. The molecule has 0 spiro atoms. The average molecular weight is 406 g/mol. The van der Waals surface area contributed by atoms with Crippen LogP contribution in [0.5, 0.6) is 0 Å². The van der Waals surface area contributed by atoms with Gasteiger partial charge in [-0.05, 0) is 52.6 Å². The van der Waals surface area contributed by atoms with E-state index in [4.69, 9.17) is 0 Å². The van der Waals surface area contributed by atoms with E-state index < -0.39 is 0 Å². The largest absolute Gasteiger partial charge is 0.344 e. The van der Waals surface area contributed by atoms with Gasteiger partial charge >= 0.3 is 0 Å². The van der Waals surface area contributed by atoms with E-state index in [-0.39, 0.29) is 5.41 Å². The van der Waals surface area contributed by atoms with E-state index in [1.54, 1.807) is 0 Å². The van der Waals surface area contributed by atoms with E-state index in [1.165, 1.54) is 53.8 Å². The van der Waals surface area contributed by atoms with Crippen LogP contribution in [-0.2, 0) is 5.41 Å². The molecule has 1 aromatic heterocycles. The topological polar surface area (TPSA) is 3.24 Å². The zero-order valence-corrected chi connectivity index (χ0v) is 18.3. The highest BCUT2D eigenvalue weighted by Crippen LogP contribution is 2.50. The second kappa shape index (κ2) is 6.20. The van der Waals surface area contributed by atoms with E-state index >= 15 is 0 Å². The Balaban J connectivity index is 1.53. The van der Waals surface area contributed by atoms with E-state index in [9.17, 15) is 0 Å². The first-order chi connectivity index (χ1) is 14.6. The Labute approximate surface area is 181 Å². The summed E-state index contributed by atoms with van der Waals surface area (Å²) in [6.45, 7) is 4.68.